The molecule has 1 heterocycles. The van der Waals surface area contributed by atoms with E-state index < -0.39 is 5.91 Å². The lowest BCUT2D eigenvalue weighted by atomic mass is 10.5. The van der Waals surface area contributed by atoms with E-state index in [0.29, 0.717) is 31.4 Å². The van der Waals surface area contributed by atoms with Gasteiger partial charge in [0.15, 0.2) is 0 Å². The van der Waals surface area contributed by atoms with Crippen LogP contribution in [-0.2, 0) is 9.53 Å². The summed E-state index contributed by atoms with van der Waals surface area (Å²) in [6.45, 7) is 5.61. The van der Waals surface area contributed by atoms with Gasteiger partial charge in [0, 0.05) is 0 Å². The summed E-state index contributed by atoms with van der Waals surface area (Å²) in [4.78, 5) is 9.47. The van der Waals surface area contributed by atoms with Gasteiger partial charge in [-0.3, -0.25) is 4.79 Å². The molecule has 1 fully saturated rings. The zero-order valence-electron chi connectivity index (χ0n) is 6.91. The summed E-state index contributed by atoms with van der Waals surface area (Å²) in [5.74, 6) is -0.481. The molecule has 0 saturated carbocycles. The van der Waals surface area contributed by atoms with Gasteiger partial charge >= 0.3 is 0 Å². The SMILES string of the molecule is C=CC(N)=O.[O-][NH+]1CCOCC1. The van der Waals surface area contributed by atoms with Gasteiger partial charge in [-0.25, -0.2) is 0 Å². The molecule has 0 aromatic heterocycles. The van der Waals surface area contributed by atoms with Crippen molar-refractivity contribution in [1.82, 2.24) is 0 Å². The van der Waals surface area contributed by atoms with Gasteiger partial charge in [-0.1, -0.05) is 6.58 Å². The van der Waals surface area contributed by atoms with Gasteiger partial charge in [-0.05, 0) is 6.08 Å². The Morgan fingerprint density at radius 1 is 1.58 bits per heavy atom. The smallest absolute Gasteiger partial charge is 0.240 e. The van der Waals surface area contributed by atoms with E-state index in [1.807, 2.05) is 0 Å². The monoisotopic (exact) mass is 174 g/mol. The summed E-state index contributed by atoms with van der Waals surface area (Å²) in [5, 5.41) is 10.7. The molecule has 1 aliphatic rings. The van der Waals surface area contributed by atoms with Gasteiger partial charge in [-0.2, -0.15) is 0 Å². The lowest BCUT2D eigenvalue weighted by Crippen LogP contribution is -3.09. The van der Waals surface area contributed by atoms with Crippen LogP contribution in [0.3, 0.4) is 0 Å². The van der Waals surface area contributed by atoms with Crippen molar-refractivity contribution < 1.29 is 14.6 Å². The molecular formula is C7H14N2O3. The molecule has 1 rings (SSSR count). The number of hydrogen-bond donors (Lipinski definition) is 2. The second-order valence-corrected chi connectivity index (χ2v) is 2.26. The molecule has 0 aromatic rings. The van der Waals surface area contributed by atoms with Gasteiger partial charge in [0.25, 0.3) is 0 Å². The Bertz CT molecular complexity index is 144. The van der Waals surface area contributed by atoms with Crippen LogP contribution in [0.4, 0.5) is 0 Å². The number of primary amides is 1. The first kappa shape index (κ1) is 11.1. The topological polar surface area (TPSA) is 79.8 Å². The zero-order valence-corrected chi connectivity index (χ0v) is 6.91. The van der Waals surface area contributed by atoms with E-state index in [4.69, 9.17) is 4.74 Å². The van der Waals surface area contributed by atoms with Crippen molar-refractivity contribution in [3.05, 3.63) is 17.9 Å². The summed E-state index contributed by atoms with van der Waals surface area (Å²) >= 11 is 0. The van der Waals surface area contributed by atoms with E-state index in [0.717, 1.165) is 6.08 Å². The van der Waals surface area contributed by atoms with Crippen molar-refractivity contribution in [2.75, 3.05) is 26.3 Å². The third kappa shape index (κ3) is 7.20. The first-order valence-corrected chi connectivity index (χ1v) is 3.68. The molecule has 0 atom stereocenters. The van der Waals surface area contributed by atoms with E-state index in [2.05, 4.69) is 12.3 Å². The molecule has 5 nitrogen and oxygen atoms in total. The number of quaternary nitrogens is 1. The number of hydrogen-bond acceptors (Lipinski definition) is 3. The molecule has 3 N–H and O–H groups in total. The Morgan fingerprint density at radius 2 is 2.00 bits per heavy atom. The van der Waals surface area contributed by atoms with Crippen molar-refractivity contribution in [2.45, 2.75) is 0 Å². The fourth-order valence-electron chi connectivity index (χ4n) is 0.599. The number of amides is 1. The highest BCUT2D eigenvalue weighted by Gasteiger charge is 2.02. The molecular weight excluding hydrogens is 160 g/mol. The van der Waals surface area contributed by atoms with Crippen molar-refractivity contribution in [3.8, 4) is 0 Å². The normalized spacial score (nSPS) is 17.4. The van der Waals surface area contributed by atoms with Crippen LogP contribution in [0.25, 0.3) is 0 Å². The van der Waals surface area contributed by atoms with Crippen LogP contribution in [0.1, 0.15) is 0 Å². The third-order valence-electron chi connectivity index (χ3n) is 1.25. The quantitative estimate of drug-likeness (QED) is 0.358. The van der Waals surface area contributed by atoms with Gasteiger partial charge in [0.1, 0.15) is 13.1 Å². The number of rotatable bonds is 1. The predicted octanol–water partition coefficient (Wildman–Crippen LogP) is -1.94. The highest BCUT2D eigenvalue weighted by molar-refractivity contribution is 5.84. The molecule has 0 radical (unpaired) electrons. The molecule has 12 heavy (non-hydrogen) atoms. The van der Waals surface area contributed by atoms with Gasteiger partial charge < -0.3 is 20.7 Å². The highest BCUT2D eigenvalue weighted by Crippen LogP contribution is 1.72. The summed E-state index contributed by atoms with van der Waals surface area (Å²) in [6, 6.07) is 0. The largest absolute Gasteiger partial charge is 0.634 e. The fourth-order valence-corrected chi connectivity index (χ4v) is 0.599. The van der Waals surface area contributed by atoms with E-state index in [9.17, 15) is 10.0 Å². The molecule has 1 aliphatic heterocycles. The summed E-state index contributed by atoms with van der Waals surface area (Å²) in [5.41, 5.74) is 4.53. The number of ether oxygens (including phenoxy) is 1. The number of carbonyl (C=O) groups is 1. The number of nitrogens with two attached hydrogens (primary N) is 1. The van der Waals surface area contributed by atoms with E-state index >= 15 is 0 Å². The van der Waals surface area contributed by atoms with Gasteiger partial charge in [-0.15, -0.1) is 0 Å². The average Bonchev–Trinajstić information content (AvgIpc) is 2.07. The fraction of sp³-hybridized carbons (Fsp3) is 0.571. The standard InChI is InChI=1S/C4H9NO2.C3H5NO/c6-5-1-3-7-4-2-5;1-2-3(4)5/h5H,1-4H2;2H,1H2,(H2,4,5). The van der Waals surface area contributed by atoms with Gasteiger partial charge in [0.2, 0.25) is 5.91 Å². The zero-order chi connectivity index (χ0) is 9.40. The molecule has 0 spiro atoms. The molecule has 0 unspecified atom stereocenters. The number of hydroxylamine groups is 2. The van der Waals surface area contributed by atoms with Crippen molar-refractivity contribution in [3.63, 3.8) is 0 Å². The van der Waals surface area contributed by atoms with Crippen molar-refractivity contribution >= 4 is 5.91 Å². The van der Waals surface area contributed by atoms with Crippen LogP contribution in [0.2, 0.25) is 0 Å². The Kier molecular flexibility index (Phi) is 6.26. The highest BCUT2D eigenvalue weighted by atomic mass is 16.5. The Labute approximate surface area is 71.4 Å². The maximum atomic E-state index is 10.4. The molecule has 0 bridgehead atoms. The molecule has 5 heteroatoms. The van der Waals surface area contributed by atoms with Crippen LogP contribution < -0.4 is 10.8 Å². The molecule has 1 amide bonds. The first-order valence-electron chi connectivity index (χ1n) is 3.68. The lowest BCUT2D eigenvalue weighted by Gasteiger charge is -2.25. The van der Waals surface area contributed by atoms with Crippen LogP contribution in [0.15, 0.2) is 12.7 Å². The maximum Gasteiger partial charge on any atom is 0.240 e. The summed E-state index contributed by atoms with van der Waals surface area (Å²) in [7, 11) is 0. The number of morpholine rings is 1. The minimum Gasteiger partial charge on any atom is -0.634 e. The lowest BCUT2D eigenvalue weighted by molar-refractivity contribution is -0.857. The van der Waals surface area contributed by atoms with Crippen LogP contribution in [-0.4, -0.2) is 32.2 Å². The van der Waals surface area contributed by atoms with E-state index in [-0.39, 0.29) is 0 Å². The second kappa shape index (κ2) is 6.78. The molecule has 0 aliphatic carbocycles. The minimum atomic E-state index is -0.481. The van der Waals surface area contributed by atoms with Crippen LogP contribution in [0.5, 0.6) is 0 Å². The Balaban J connectivity index is 0.000000217. The summed E-state index contributed by atoms with van der Waals surface area (Å²) < 4.78 is 4.92. The van der Waals surface area contributed by atoms with E-state index in [1.54, 1.807) is 0 Å². The Morgan fingerprint density at radius 3 is 2.17 bits per heavy atom. The predicted molar refractivity (Wildman–Crippen MR) is 44.3 cm³/mol. The van der Waals surface area contributed by atoms with Gasteiger partial charge in [0.05, 0.1) is 13.2 Å². The molecule has 70 valence electrons. The first-order chi connectivity index (χ1) is 5.66. The minimum absolute atomic E-state index is 0.339. The van der Waals surface area contributed by atoms with Crippen LogP contribution >= 0.6 is 0 Å². The average molecular weight is 174 g/mol. The van der Waals surface area contributed by atoms with Crippen LogP contribution in [0, 0.1) is 5.21 Å². The molecule has 1 saturated heterocycles. The molecule has 0 aromatic carbocycles. The van der Waals surface area contributed by atoms with E-state index in [1.165, 1.54) is 0 Å². The summed E-state index contributed by atoms with van der Waals surface area (Å²) in [6.07, 6.45) is 1.06. The Hall–Kier alpha value is -0.910. The maximum absolute atomic E-state index is 10.4. The third-order valence-corrected chi connectivity index (χ3v) is 1.25. The number of nitrogens with one attached hydrogen (secondary N) is 1. The number of carbonyl (C=O) groups excluding carboxylic acids is 1. The van der Waals surface area contributed by atoms with Crippen molar-refractivity contribution in [2.24, 2.45) is 5.73 Å². The van der Waals surface area contributed by atoms with Crippen molar-refractivity contribution in [1.29, 1.82) is 0 Å². The second-order valence-electron chi connectivity index (χ2n) is 2.26.